The number of nitrogens with one attached hydrogen (secondary N) is 2. The van der Waals surface area contributed by atoms with Gasteiger partial charge in [0.25, 0.3) is 5.91 Å². The second-order valence-corrected chi connectivity index (χ2v) is 8.53. The fourth-order valence-electron chi connectivity index (χ4n) is 4.06. The lowest BCUT2D eigenvalue weighted by Gasteiger charge is -2.32. The Kier molecular flexibility index (Phi) is 6.02. The van der Waals surface area contributed by atoms with E-state index < -0.39 is 0 Å². The van der Waals surface area contributed by atoms with E-state index in [0.29, 0.717) is 23.1 Å². The molecular weight excluding hydrogens is 402 g/mol. The third-order valence-electron chi connectivity index (χ3n) is 6.00. The molecular formula is C24H27N7O. The molecule has 0 spiro atoms. The largest absolute Gasteiger partial charge is 0.348 e. The first-order valence-electron chi connectivity index (χ1n) is 11.2. The summed E-state index contributed by atoms with van der Waals surface area (Å²) in [5.74, 6) is 0.674. The van der Waals surface area contributed by atoms with E-state index in [1.165, 1.54) is 11.9 Å². The maximum Gasteiger partial charge on any atom is 0.273 e. The van der Waals surface area contributed by atoms with Crippen LogP contribution in [0.15, 0.2) is 55.2 Å². The van der Waals surface area contributed by atoms with Gasteiger partial charge in [0.2, 0.25) is 0 Å². The molecule has 0 unspecified atom stereocenters. The number of aromatic nitrogens is 4. The lowest BCUT2D eigenvalue weighted by Crippen LogP contribution is -2.44. The number of rotatable bonds is 7. The van der Waals surface area contributed by atoms with Gasteiger partial charge in [0.05, 0.1) is 30.0 Å². The number of hydrogen-bond acceptors (Lipinski definition) is 7. The molecule has 0 atom stereocenters. The maximum absolute atomic E-state index is 13.2. The molecule has 164 valence electrons. The average molecular weight is 430 g/mol. The van der Waals surface area contributed by atoms with Gasteiger partial charge in [-0.15, -0.1) is 0 Å². The van der Waals surface area contributed by atoms with E-state index in [1.54, 1.807) is 18.6 Å². The number of nitrogens with zero attached hydrogens (tertiary/aromatic N) is 5. The Labute approximate surface area is 187 Å². The molecule has 2 N–H and O–H groups in total. The highest BCUT2D eigenvalue weighted by atomic mass is 16.2. The molecule has 1 aromatic carbocycles. The van der Waals surface area contributed by atoms with Gasteiger partial charge in [-0.2, -0.15) is 0 Å². The highest BCUT2D eigenvalue weighted by Crippen LogP contribution is 2.39. The van der Waals surface area contributed by atoms with Crippen molar-refractivity contribution < 1.29 is 4.79 Å². The lowest BCUT2D eigenvalue weighted by molar-refractivity contribution is 0.0904. The highest BCUT2D eigenvalue weighted by molar-refractivity contribution is 5.97. The van der Waals surface area contributed by atoms with Crippen LogP contribution in [0.3, 0.4) is 0 Å². The lowest BCUT2D eigenvalue weighted by atomic mass is 10.0. The monoisotopic (exact) mass is 429 g/mol. The summed E-state index contributed by atoms with van der Waals surface area (Å²) in [5, 5.41) is 6.34. The first-order valence-corrected chi connectivity index (χ1v) is 11.2. The molecule has 1 saturated carbocycles. The summed E-state index contributed by atoms with van der Waals surface area (Å²) in [6.45, 7) is 2.86. The molecule has 5 rings (SSSR count). The molecule has 8 heteroatoms. The number of likely N-dealkylation sites (tertiary alicyclic amines) is 1. The summed E-state index contributed by atoms with van der Waals surface area (Å²) in [6.07, 6.45) is 10.6. The normalized spacial score (nSPS) is 17.1. The van der Waals surface area contributed by atoms with Crippen LogP contribution in [0.4, 0.5) is 11.5 Å². The number of anilines is 2. The first-order chi connectivity index (χ1) is 15.7. The van der Waals surface area contributed by atoms with Gasteiger partial charge in [0.1, 0.15) is 6.33 Å². The number of piperidine rings is 1. The quantitative estimate of drug-likeness (QED) is 0.595. The number of benzene rings is 1. The zero-order valence-corrected chi connectivity index (χ0v) is 17.9. The van der Waals surface area contributed by atoms with E-state index in [-0.39, 0.29) is 11.9 Å². The van der Waals surface area contributed by atoms with E-state index in [0.717, 1.165) is 51.0 Å². The molecule has 2 aromatic heterocycles. The van der Waals surface area contributed by atoms with Crippen LogP contribution in [0, 0.1) is 0 Å². The molecule has 1 amide bonds. The zero-order chi connectivity index (χ0) is 21.8. The second kappa shape index (κ2) is 9.40. The fourth-order valence-corrected chi connectivity index (χ4v) is 4.06. The van der Waals surface area contributed by atoms with Crippen LogP contribution in [0.2, 0.25) is 0 Å². The third kappa shape index (κ3) is 5.08. The molecule has 32 heavy (non-hydrogen) atoms. The van der Waals surface area contributed by atoms with E-state index in [1.807, 2.05) is 6.07 Å². The summed E-state index contributed by atoms with van der Waals surface area (Å²) in [5.41, 5.74) is 3.22. The summed E-state index contributed by atoms with van der Waals surface area (Å²) >= 11 is 0. The van der Waals surface area contributed by atoms with Gasteiger partial charge >= 0.3 is 0 Å². The van der Waals surface area contributed by atoms with Crippen LogP contribution < -0.4 is 10.6 Å². The Bertz CT molecular complexity index is 1050. The number of hydrogen-bond donors (Lipinski definition) is 2. The minimum absolute atomic E-state index is 0.133. The highest BCUT2D eigenvalue weighted by Gasteiger charge is 2.29. The maximum atomic E-state index is 13.2. The Balaban J connectivity index is 1.24. The van der Waals surface area contributed by atoms with Gasteiger partial charge in [-0.3, -0.25) is 9.69 Å². The molecule has 2 fully saturated rings. The smallest absolute Gasteiger partial charge is 0.273 e. The SMILES string of the molecule is O=C(NC1CCN(Cc2ccccc2)CC1)c1nc(C2CC2)cnc1Nc1cncnc1. The van der Waals surface area contributed by atoms with Gasteiger partial charge < -0.3 is 10.6 Å². The molecule has 0 bridgehead atoms. The van der Waals surface area contributed by atoms with Crippen molar-refractivity contribution in [2.45, 2.75) is 44.2 Å². The van der Waals surface area contributed by atoms with Crippen molar-refractivity contribution in [1.29, 1.82) is 0 Å². The van der Waals surface area contributed by atoms with Crippen molar-refractivity contribution in [3.8, 4) is 0 Å². The molecule has 3 heterocycles. The van der Waals surface area contributed by atoms with Crippen molar-refractivity contribution >= 4 is 17.4 Å². The minimum Gasteiger partial charge on any atom is -0.348 e. The Morgan fingerprint density at radius 2 is 1.75 bits per heavy atom. The average Bonchev–Trinajstić information content (AvgIpc) is 3.68. The predicted octanol–water partition coefficient (Wildman–Crippen LogP) is 3.28. The van der Waals surface area contributed by atoms with Gasteiger partial charge in [-0.1, -0.05) is 30.3 Å². The van der Waals surface area contributed by atoms with Crippen LogP contribution in [-0.4, -0.2) is 49.9 Å². The Morgan fingerprint density at radius 3 is 2.47 bits per heavy atom. The molecule has 1 aliphatic heterocycles. The van der Waals surface area contributed by atoms with Gasteiger partial charge in [0, 0.05) is 31.6 Å². The van der Waals surface area contributed by atoms with E-state index in [4.69, 9.17) is 0 Å². The summed E-state index contributed by atoms with van der Waals surface area (Å²) in [4.78, 5) is 32.8. The molecule has 1 aliphatic carbocycles. The van der Waals surface area contributed by atoms with Crippen molar-refractivity contribution in [1.82, 2.24) is 30.2 Å². The van der Waals surface area contributed by atoms with E-state index in [9.17, 15) is 4.79 Å². The fraction of sp³-hybridized carbons (Fsp3) is 0.375. The molecule has 3 aromatic rings. The third-order valence-corrected chi connectivity index (χ3v) is 6.00. The number of carbonyl (C=O) groups is 1. The Morgan fingerprint density at radius 1 is 1.00 bits per heavy atom. The topological polar surface area (TPSA) is 95.9 Å². The van der Waals surface area contributed by atoms with Crippen molar-refractivity contribution in [3.63, 3.8) is 0 Å². The van der Waals surface area contributed by atoms with E-state index >= 15 is 0 Å². The van der Waals surface area contributed by atoms with Crippen LogP contribution in [0.5, 0.6) is 0 Å². The van der Waals surface area contributed by atoms with Gasteiger partial charge in [0.15, 0.2) is 11.5 Å². The molecule has 1 saturated heterocycles. The summed E-state index contributed by atoms with van der Waals surface area (Å²) < 4.78 is 0. The van der Waals surface area contributed by atoms with Gasteiger partial charge in [-0.25, -0.2) is 19.9 Å². The standard InChI is InChI=1S/C24H27N7O/c32-24(29-19-8-10-31(11-9-19)15-17-4-2-1-3-5-17)22-23(28-20-12-25-16-26-13-20)27-14-21(30-22)18-6-7-18/h1-5,12-14,16,18-19H,6-11,15H2,(H,27,28)(H,29,32). The minimum atomic E-state index is -0.180. The number of amides is 1. The van der Waals surface area contributed by atoms with Crippen molar-refractivity contribution in [2.75, 3.05) is 18.4 Å². The summed E-state index contributed by atoms with van der Waals surface area (Å²) in [7, 11) is 0. The zero-order valence-electron chi connectivity index (χ0n) is 17.9. The molecule has 2 aliphatic rings. The van der Waals surface area contributed by atoms with Crippen LogP contribution in [-0.2, 0) is 6.54 Å². The van der Waals surface area contributed by atoms with Crippen molar-refractivity contribution in [2.24, 2.45) is 0 Å². The molecule has 0 radical (unpaired) electrons. The van der Waals surface area contributed by atoms with Gasteiger partial charge in [-0.05, 0) is 31.2 Å². The van der Waals surface area contributed by atoms with Crippen LogP contribution in [0.1, 0.15) is 53.3 Å². The number of carbonyl (C=O) groups excluding carboxylic acids is 1. The molecule has 8 nitrogen and oxygen atoms in total. The second-order valence-electron chi connectivity index (χ2n) is 8.53. The van der Waals surface area contributed by atoms with Crippen LogP contribution in [0.25, 0.3) is 0 Å². The summed E-state index contributed by atoms with van der Waals surface area (Å²) in [6, 6.07) is 10.6. The first kappa shape index (κ1) is 20.5. The predicted molar refractivity (Wildman–Crippen MR) is 122 cm³/mol. The Hall–Kier alpha value is -3.39. The van der Waals surface area contributed by atoms with Crippen LogP contribution >= 0.6 is 0 Å². The van der Waals surface area contributed by atoms with Crippen molar-refractivity contribution in [3.05, 3.63) is 72.2 Å². The van der Waals surface area contributed by atoms with E-state index in [2.05, 4.69) is 59.7 Å².